The maximum Gasteiger partial charge on any atom is 0.255 e. The second-order valence-electron chi connectivity index (χ2n) is 9.00. The normalized spacial score (nSPS) is 26.4. The van der Waals surface area contributed by atoms with Crippen LogP contribution in [0.25, 0.3) is 0 Å². The minimum absolute atomic E-state index is 0.0128. The van der Waals surface area contributed by atoms with Gasteiger partial charge in [0, 0.05) is 34.0 Å². The zero-order valence-corrected chi connectivity index (χ0v) is 20.7. The van der Waals surface area contributed by atoms with Gasteiger partial charge in [-0.05, 0) is 67.9 Å². The molecule has 6 nitrogen and oxygen atoms in total. The first-order chi connectivity index (χ1) is 15.9. The number of sulfonamides is 1. The first-order valence-electron chi connectivity index (χ1n) is 10.8. The van der Waals surface area contributed by atoms with Crippen LogP contribution in [-0.4, -0.2) is 43.1 Å². The molecular formula is C23H25ClF2N2O4S2. The van der Waals surface area contributed by atoms with Crippen LogP contribution in [-0.2, 0) is 10.0 Å². The summed E-state index contributed by atoms with van der Waals surface area (Å²) in [4.78, 5) is 13.4. The lowest BCUT2D eigenvalue weighted by molar-refractivity contribution is -0.0519. The average molecular weight is 531 g/mol. The molecule has 11 heteroatoms. The van der Waals surface area contributed by atoms with E-state index in [1.807, 2.05) is 0 Å². The molecule has 4 atom stereocenters. The van der Waals surface area contributed by atoms with Gasteiger partial charge in [0.15, 0.2) is 11.6 Å². The summed E-state index contributed by atoms with van der Waals surface area (Å²) in [5.41, 5.74) is -0.598. The van der Waals surface area contributed by atoms with Crippen LogP contribution in [0.5, 0.6) is 0 Å². The summed E-state index contributed by atoms with van der Waals surface area (Å²) in [5, 5.41) is 14.4. The van der Waals surface area contributed by atoms with Gasteiger partial charge in [-0.15, -0.1) is 11.8 Å². The van der Waals surface area contributed by atoms with Crippen molar-refractivity contribution in [2.24, 2.45) is 11.8 Å². The van der Waals surface area contributed by atoms with E-state index in [0.29, 0.717) is 28.3 Å². The predicted molar refractivity (Wildman–Crippen MR) is 129 cm³/mol. The third-order valence-electron chi connectivity index (χ3n) is 6.65. The molecule has 0 aromatic heterocycles. The molecule has 1 amide bonds. The van der Waals surface area contributed by atoms with Gasteiger partial charge in [0.25, 0.3) is 5.91 Å². The van der Waals surface area contributed by atoms with E-state index in [4.69, 9.17) is 11.6 Å². The molecule has 2 fully saturated rings. The van der Waals surface area contributed by atoms with E-state index in [2.05, 4.69) is 10.0 Å². The molecule has 0 heterocycles. The zero-order chi connectivity index (χ0) is 24.7. The van der Waals surface area contributed by atoms with Crippen molar-refractivity contribution >= 4 is 45.0 Å². The molecule has 2 aliphatic carbocycles. The van der Waals surface area contributed by atoms with Gasteiger partial charge >= 0.3 is 0 Å². The van der Waals surface area contributed by atoms with Crippen LogP contribution in [0.1, 0.15) is 36.0 Å². The molecule has 2 bridgehead atoms. The van der Waals surface area contributed by atoms with Crippen LogP contribution >= 0.6 is 23.4 Å². The Balaban J connectivity index is 1.44. The lowest BCUT2D eigenvalue weighted by Gasteiger charge is -2.42. The summed E-state index contributed by atoms with van der Waals surface area (Å²) in [6.07, 6.45) is 4.13. The van der Waals surface area contributed by atoms with Gasteiger partial charge in [0.2, 0.25) is 10.0 Å². The number of halogens is 3. The summed E-state index contributed by atoms with van der Waals surface area (Å²) in [5.74, 6) is -2.59. The van der Waals surface area contributed by atoms with E-state index < -0.39 is 33.2 Å². The highest BCUT2D eigenvalue weighted by Crippen LogP contribution is 2.53. The van der Waals surface area contributed by atoms with E-state index in [1.165, 1.54) is 17.8 Å². The molecule has 4 rings (SSSR count). The van der Waals surface area contributed by atoms with Crippen molar-refractivity contribution in [1.82, 2.24) is 4.72 Å². The highest BCUT2D eigenvalue weighted by molar-refractivity contribution is 8.00. The van der Waals surface area contributed by atoms with Crippen LogP contribution in [0.15, 0.2) is 41.3 Å². The van der Waals surface area contributed by atoms with Crippen molar-refractivity contribution in [2.75, 3.05) is 18.1 Å². The number of benzene rings is 2. The summed E-state index contributed by atoms with van der Waals surface area (Å²) < 4.78 is 52.1. The van der Waals surface area contributed by atoms with Crippen molar-refractivity contribution in [3.05, 3.63) is 58.6 Å². The monoisotopic (exact) mass is 530 g/mol. The van der Waals surface area contributed by atoms with Crippen LogP contribution in [0.4, 0.5) is 14.5 Å². The van der Waals surface area contributed by atoms with Crippen molar-refractivity contribution in [3.63, 3.8) is 0 Å². The molecular weight excluding hydrogens is 506 g/mol. The minimum Gasteiger partial charge on any atom is -0.388 e. The topological polar surface area (TPSA) is 95.5 Å². The van der Waals surface area contributed by atoms with Crippen molar-refractivity contribution in [3.8, 4) is 0 Å². The van der Waals surface area contributed by atoms with Gasteiger partial charge < -0.3 is 10.4 Å². The molecule has 3 N–H and O–H groups in total. The van der Waals surface area contributed by atoms with Gasteiger partial charge in [-0.25, -0.2) is 21.9 Å². The maximum atomic E-state index is 13.4. The molecule has 2 saturated carbocycles. The number of amides is 1. The summed E-state index contributed by atoms with van der Waals surface area (Å²) in [6.45, 7) is 0.0128. The van der Waals surface area contributed by atoms with E-state index in [9.17, 15) is 27.1 Å². The van der Waals surface area contributed by atoms with Crippen LogP contribution in [0, 0.1) is 23.5 Å². The largest absolute Gasteiger partial charge is 0.388 e. The highest BCUT2D eigenvalue weighted by atomic mass is 35.5. The molecule has 1 unspecified atom stereocenters. The van der Waals surface area contributed by atoms with E-state index in [-0.39, 0.29) is 29.3 Å². The first-order valence-corrected chi connectivity index (χ1v) is 14.0. The third kappa shape index (κ3) is 5.57. The Morgan fingerprint density at radius 3 is 2.44 bits per heavy atom. The van der Waals surface area contributed by atoms with Crippen LogP contribution < -0.4 is 10.0 Å². The Bertz CT molecular complexity index is 1200. The Kier molecular flexibility index (Phi) is 7.26. The number of fused-ring (bicyclic) bond motifs is 2. The van der Waals surface area contributed by atoms with Crippen LogP contribution in [0.3, 0.4) is 0 Å². The number of hydrogen-bond acceptors (Lipinski definition) is 5. The van der Waals surface area contributed by atoms with Crippen LogP contribution in [0.2, 0.25) is 5.02 Å². The summed E-state index contributed by atoms with van der Waals surface area (Å²) >= 11 is 7.93. The number of rotatable bonds is 7. The molecule has 34 heavy (non-hydrogen) atoms. The third-order valence-corrected chi connectivity index (χ3v) is 9.07. The fourth-order valence-corrected chi connectivity index (χ4v) is 7.07. The van der Waals surface area contributed by atoms with Gasteiger partial charge in [0.05, 0.1) is 16.9 Å². The number of thioether (sulfide) groups is 1. The highest BCUT2D eigenvalue weighted by Gasteiger charge is 2.53. The number of nitrogens with one attached hydrogen (secondary N) is 2. The predicted octanol–water partition coefficient (Wildman–Crippen LogP) is 4.43. The summed E-state index contributed by atoms with van der Waals surface area (Å²) in [6, 6.07) is 7.97. The lowest BCUT2D eigenvalue weighted by atomic mass is 9.74. The second kappa shape index (κ2) is 9.73. The molecule has 2 aromatic rings. The molecule has 0 aliphatic heterocycles. The molecule has 0 spiro atoms. The minimum atomic E-state index is -3.40. The van der Waals surface area contributed by atoms with Crippen molar-refractivity contribution in [1.29, 1.82) is 0 Å². The maximum absolute atomic E-state index is 13.4. The molecule has 2 aliphatic rings. The molecule has 2 aromatic carbocycles. The van der Waals surface area contributed by atoms with Crippen molar-refractivity contribution in [2.45, 2.75) is 41.4 Å². The number of anilines is 1. The zero-order valence-electron chi connectivity index (χ0n) is 18.4. The van der Waals surface area contributed by atoms with Gasteiger partial charge in [-0.1, -0.05) is 11.6 Å². The first kappa shape index (κ1) is 25.4. The van der Waals surface area contributed by atoms with E-state index in [0.717, 1.165) is 31.2 Å². The smallest absolute Gasteiger partial charge is 0.255 e. The van der Waals surface area contributed by atoms with Gasteiger partial charge in [-0.3, -0.25) is 4.79 Å². The fraction of sp³-hybridized carbons (Fsp3) is 0.435. The molecule has 0 radical (unpaired) electrons. The summed E-state index contributed by atoms with van der Waals surface area (Å²) in [7, 11) is -3.40. The lowest BCUT2D eigenvalue weighted by Crippen LogP contribution is -2.53. The van der Waals surface area contributed by atoms with E-state index in [1.54, 1.807) is 18.2 Å². The fourth-order valence-electron chi connectivity index (χ4n) is 4.93. The van der Waals surface area contributed by atoms with E-state index >= 15 is 0 Å². The molecule has 0 saturated heterocycles. The quantitative estimate of drug-likeness (QED) is 0.492. The van der Waals surface area contributed by atoms with Gasteiger partial charge in [-0.2, -0.15) is 0 Å². The second-order valence-corrected chi connectivity index (χ2v) is 12.6. The Hall–Kier alpha value is -1.72. The Labute approximate surface area is 206 Å². The standard InChI is InChI=1S/C23H25ClF2N2O4S2/c1-34(31,32)27-12-23(30)14-3-4-15(23)10-17(9-14)33-21-8-13(2-6-18(21)24)22(29)28-16-5-7-19(25)20(26)11-16/h2,5-8,11,14-15,17,27,30H,3-4,9-10,12H2,1H3,(H,28,29)/t14-,15?,17-,23-/m0/s1. The Morgan fingerprint density at radius 2 is 1.82 bits per heavy atom. The van der Waals surface area contributed by atoms with Crippen molar-refractivity contribution < 1.29 is 27.1 Å². The van der Waals surface area contributed by atoms with Gasteiger partial charge in [0.1, 0.15) is 0 Å². The molecule has 184 valence electrons. The average Bonchev–Trinajstić information content (AvgIpc) is 2.92. The number of carbonyl (C=O) groups is 1. The Morgan fingerprint density at radius 1 is 1.15 bits per heavy atom. The SMILES string of the molecule is CS(=O)(=O)NC[C@@]1(O)C2CC[C@H]1C[C@H](Sc1cc(C(=O)Nc3ccc(F)c(F)c3)ccc1Cl)C2. The number of aliphatic hydroxyl groups is 1. The number of hydrogen-bond donors (Lipinski definition) is 3. The number of carbonyl (C=O) groups excluding carboxylic acids is 1.